The van der Waals surface area contributed by atoms with Crippen LogP contribution in [0.5, 0.6) is 0 Å². The molecule has 0 amide bonds. The minimum Gasteiger partial charge on any atom is -0.368 e. The Balaban J connectivity index is 2.05. The van der Waals surface area contributed by atoms with Crippen LogP contribution in [-0.2, 0) is 0 Å². The molecule has 0 spiro atoms. The molecule has 94 valence electrons. The van der Waals surface area contributed by atoms with E-state index in [2.05, 4.69) is 46.0 Å². The fourth-order valence-corrected chi connectivity index (χ4v) is 1.93. The lowest BCUT2D eigenvalue weighted by molar-refractivity contribution is 0.312. The van der Waals surface area contributed by atoms with Gasteiger partial charge in [-0.3, -0.25) is 0 Å². The number of hydrogen-bond acceptors (Lipinski definition) is 5. The lowest BCUT2D eigenvalue weighted by Gasteiger charge is -2.33. The van der Waals surface area contributed by atoms with Gasteiger partial charge < -0.3 is 15.1 Å². The van der Waals surface area contributed by atoms with Crippen molar-refractivity contribution >= 4 is 11.6 Å². The van der Waals surface area contributed by atoms with Crippen molar-refractivity contribution in [2.75, 3.05) is 43.4 Å². The number of nitrogens with zero attached hydrogens (tertiary/aromatic N) is 4. The zero-order valence-corrected chi connectivity index (χ0v) is 10.8. The van der Waals surface area contributed by atoms with Crippen molar-refractivity contribution in [3.05, 3.63) is 12.4 Å². The molecule has 1 saturated heterocycles. The number of hydrogen-bond donors (Lipinski definition) is 1. The predicted octanol–water partition coefficient (Wildman–Crippen LogP) is 1.05. The zero-order chi connectivity index (χ0) is 12.3. The lowest BCUT2D eigenvalue weighted by atomic mass is 10.3. The van der Waals surface area contributed by atoms with Crippen LogP contribution in [0.2, 0.25) is 0 Å². The Morgan fingerprint density at radius 1 is 1.18 bits per heavy atom. The third-order valence-electron chi connectivity index (χ3n) is 2.92. The van der Waals surface area contributed by atoms with Gasteiger partial charge in [0.25, 0.3) is 0 Å². The molecule has 2 rings (SSSR count). The van der Waals surface area contributed by atoms with Crippen LogP contribution in [0.15, 0.2) is 12.4 Å². The maximum absolute atomic E-state index is 4.35. The van der Waals surface area contributed by atoms with Crippen molar-refractivity contribution in [2.45, 2.75) is 19.9 Å². The summed E-state index contributed by atoms with van der Waals surface area (Å²) in [5.74, 6) is 1.93. The predicted molar refractivity (Wildman–Crippen MR) is 70.5 cm³/mol. The molecular weight excluding hydrogens is 214 g/mol. The Labute approximate surface area is 103 Å². The third-order valence-corrected chi connectivity index (χ3v) is 2.92. The summed E-state index contributed by atoms with van der Waals surface area (Å²) in [7, 11) is 2.16. The van der Waals surface area contributed by atoms with Crippen LogP contribution in [0.1, 0.15) is 13.8 Å². The molecule has 0 radical (unpaired) electrons. The topological polar surface area (TPSA) is 44.3 Å². The SMILES string of the molecule is CC(C)Nc1cc(N2CCN(C)CC2)ncn1. The second-order valence-electron chi connectivity index (χ2n) is 4.85. The Hall–Kier alpha value is -1.36. The molecule has 0 unspecified atom stereocenters. The molecule has 0 saturated carbocycles. The number of likely N-dealkylation sites (N-methyl/N-ethyl adjacent to an activating group) is 1. The first-order valence-corrected chi connectivity index (χ1v) is 6.17. The van der Waals surface area contributed by atoms with Crippen molar-refractivity contribution in [3.63, 3.8) is 0 Å². The van der Waals surface area contributed by atoms with E-state index >= 15 is 0 Å². The van der Waals surface area contributed by atoms with Gasteiger partial charge in [0.2, 0.25) is 0 Å². The van der Waals surface area contributed by atoms with Crippen LogP contribution >= 0.6 is 0 Å². The van der Waals surface area contributed by atoms with Gasteiger partial charge in [0.1, 0.15) is 18.0 Å². The molecule has 0 aliphatic carbocycles. The summed E-state index contributed by atoms with van der Waals surface area (Å²) in [6, 6.07) is 2.43. The van der Waals surface area contributed by atoms with Gasteiger partial charge in [0.15, 0.2) is 0 Å². The van der Waals surface area contributed by atoms with E-state index in [1.807, 2.05) is 6.07 Å². The Morgan fingerprint density at radius 2 is 1.88 bits per heavy atom. The summed E-state index contributed by atoms with van der Waals surface area (Å²) >= 11 is 0. The highest BCUT2D eigenvalue weighted by molar-refractivity contribution is 5.49. The molecule has 1 aromatic heterocycles. The first-order valence-electron chi connectivity index (χ1n) is 6.17. The summed E-state index contributed by atoms with van der Waals surface area (Å²) < 4.78 is 0. The van der Waals surface area contributed by atoms with E-state index in [4.69, 9.17) is 0 Å². The monoisotopic (exact) mass is 235 g/mol. The maximum Gasteiger partial charge on any atom is 0.134 e. The summed E-state index contributed by atoms with van der Waals surface area (Å²) in [5.41, 5.74) is 0. The smallest absolute Gasteiger partial charge is 0.134 e. The van der Waals surface area contributed by atoms with Crippen LogP contribution in [0.25, 0.3) is 0 Å². The van der Waals surface area contributed by atoms with Crippen molar-refractivity contribution < 1.29 is 0 Å². The van der Waals surface area contributed by atoms with E-state index in [1.165, 1.54) is 0 Å². The molecule has 1 fully saturated rings. The molecule has 0 aromatic carbocycles. The number of piperazine rings is 1. The molecule has 1 aliphatic heterocycles. The van der Waals surface area contributed by atoms with Crippen molar-refractivity contribution in [1.29, 1.82) is 0 Å². The molecular formula is C12H21N5. The highest BCUT2D eigenvalue weighted by Crippen LogP contribution is 2.16. The van der Waals surface area contributed by atoms with Gasteiger partial charge in [-0.25, -0.2) is 9.97 Å². The average Bonchev–Trinajstić information content (AvgIpc) is 2.29. The second-order valence-corrected chi connectivity index (χ2v) is 4.85. The average molecular weight is 235 g/mol. The van der Waals surface area contributed by atoms with E-state index in [9.17, 15) is 0 Å². The highest BCUT2D eigenvalue weighted by Gasteiger charge is 2.15. The molecule has 5 heteroatoms. The van der Waals surface area contributed by atoms with Crippen LogP contribution in [0, 0.1) is 0 Å². The summed E-state index contributed by atoms with van der Waals surface area (Å²) in [5, 5.41) is 3.30. The summed E-state index contributed by atoms with van der Waals surface area (Å²) in [4.78, 5) is 13.2. The van der Waals surface area contributed by atoms with E-state index in [0.29, 0.717) is 6.04 Å². The number of aromatic nitrogens is 2. The van der Waals surface area contributed by atoms with Gasteiger partial charge in [-0.1, -0.05) is 0 Å². The Morgan fingerprint density at radius 3 is 2.53 bits per heavy atom. The highest BCUT2D eigenvalue weighted by atomic mass is 15.3. The van der Waals surface area contributed by atoms with Crippen LogP contribution in [0.4, 0.5) is 11.6 Å². The normalized spacial score (nSPS) is 17.5. The van der Waals surface area contributed by atoms with Crippen molar-refractivity contribution in [2.24, 2.45) is 0 Å². The third kappa shape index (κ3) is 3.30. The summed E-state index contributed by atoms with van der Waals surface area (Å²) in [6.07, 6.45) is 1.64. The quantitative estimate of drug-likeness (QED) is 0.848. The van der Waals surface area contributed by atoms with E-state index < -0.39 is 0 Å². The molecule has 1 aliphatic rings. The van der Waals surface area contributed by atoms with Gasteiger partial charge >= 0.3 is 0 Å². The van der Waals surface area contributed by atoms with Crippen LogP contribution in [-0.4, -0.2) is 54.1 Å². The Kier molecular flexibility index (Phi) is 3.78. The minimum atomic E-state index is 0.394. The number of anilines is 2. The van der Waals surface area contributed by atoms with Crippen LogP contribution in [0.3, 0.4) is 0 Å². The summed E-state index contributed by atoms with van der Waals surface area (Å²) in [6.45, 7) is 8.48. The van der Waals surface area contributed by atoms with Gasteiger partial charge in [-0.15, -0.1) is 0 Å². The maximum atomic E-state index is 4.35. The molecule has 1 aromatic rings. The second kappa shape index (κ2) is 5.31. The molecule has 2 heterocycles. The number of nitrogens with one attached hydrogen (secondary N) is 1. The van der Waals surface area contributed by atoms with Gasteiger partial charge in [0.05, 0.1) is 0 Å². The molecule has 0 bridgehead atoms. The molecule has 5 nitrogen and oxygen atoms in total. The fraction of sp³-hybridized carbons (Fsp3) is 0.667. The van der Waals surface area contributed by atoms with E-state index in [0.717, 1.165) is 37.8 Å². The van der Waals surface area contributed by atoms with E-state index in [-0.39, 0.29) is 0 Å². The zero-order valence-electron chi connectivity index (χ0n) is 10.8. The first kappa shape index (κ1) is 12.1. The first-order chi connectivity index (χ1) is 8.15. The van der Waals surface area contributed by atoms with Gasteiger partial charge in [-0.05, 0) is 20.9 Å². The van der Waals surface area contributed by atoms with Crippen molar-refractivity contribution in [1.82, 2.24) is 14.9 Å². The fourth-order valence-electron chi connectivity index (χ4n) is 1.93. The standard InChI is InChI=1S/C12H21N5/c1-10(2)15-11-8-12(14-9-13-11)17-6-4-16(3)5-7-17/h8-10H,4-7H2,1-3H3,(H,13,14,15). The molecule has 17 heavy (non-hydrogen) atoms. The number of rotatable bonds is 3. The molecule has 0 atom stereocenters. The minimum absolute atomic E-state index is 0.394. The largest absolute Gasteiger partial charge is 0.368 e. The van der Waals surface area contributed by atoms with Gasteiger partial charge in [-0.2, -0.15) is 0 Å². The van der Waals surface area contributed by atoms with Gasteiger partial charge in [0, 0.05) is 38.3 Å². The Bertz CT molecular complexity index is 358. The van der Waals surface area contributed by atoms with E-state index in [1.54, 1.807) is 6.33 Å². The van der Waals surface area contributed by atoms with Crippen molar-refractivity contribution in [3.8, 4) is 0 Å². The lowest BCUT2D eigenvalue weighted by Crippen LogP contribution is -2.44. The molecule has 1 N–H and O–H groups in total. The van der Waals surface area contributed by atoms with Crippen LogP contribution < -0.4 is 10.2 Å².